The van der Waals surface area contributed by atoms with Gasteiger partial charge in [-0.05, 0) is 31.1 Å². The first-order chi connectivity index (χ1) is 10.1. The maximum absolute atomic E-state index is 11.1. The van der Waals surface area contributed by atoms with E-state index in [-0.39, 0.29) is 5.57 Å². The van der Waals surface area contributed by atoms with Crippen LogP contribution in [0.15, 0.2) is 23.8 Å². The first-order valence-electron chi connectivity index (χ1n) is 6.93. The molecular weight excluding hydrogens is 268 g/mol. The molecule has 0 aliphatic rings. The summed E-state index contributed by atoms with van der Waals surface area (Å²) in [5.41, 5.74) is 5.66. The number of carbonyl (C=O) groups is 1. The van der Waals surface area contributed by atoms with Crippen molar-refractivity contribution in [2.45, 2.75) is 26.7 Å². The van der Waals surface area contributed by atoms with Crippen LogP contribution in [0.2, 0.25) is 0 Å². The van der Waals surface area contributed by atoms with Crippen LogP contribution in [0.4, 0.5) is 0 Å². The van der Waals surface area contributed by atoms with Crippen molar-refractivity contribution in [2.24, 2.45) is 5.73 Å². The number of carbonyl (C=O) groups excluding carboxylic acids is 1. The molecule has 1 rings (SSSR count). The van der Waals surface area contributed by atoms with Crippen LogP contribution in [0, 0.1) is 11.3 Å². The van der Waals surface area contributed by atoms with E-state index in [2.05, 4.69) is 0 Å². The van der Waals surface area contributed by atoms with Gasteiger partial charge in [-0.3, -0.25) is 4.79 Å². The van der Waals surface area contributed by atoms with Gasteiger partial charge in [-0.2, -0.15) is 5.26 Å². The van der Waals surface area contributed by atoms with E-state index in [1.54, 1.807) is 24.3 Å². The number of nitriles is 1. The lowest BCUT2D eigenvalue weighted by atomic mass is 10.1. The van der Waals surface area contributed by atoms with Gasteiger partial charge in [0.1, 0.15) is 23.1 Å². The van der Waals surface area contributed by atoms with Crippen LogP contribution in [-0.4, -0.2) is 19.1 Å². The molecule has 0 saturated heterocycles. The Hall–Kier alpha value is -2.48. The molecule has 0 unspecified atom stereocenters. The Morgan fingerprint density at radius 2 is 1.95 bits per heavy atom. The lowest BCUT2D eigenvalue weighted by Gasteiger charge is -2.11. The lowest BCUT2D eigenvalue weighted by Crippen LogP contribution is -2.12. The minimum Gasteiger partial charge on any atom is -0.493 e. The molecule has 0 bridgehead atoms. The Morgan fingerprint density at radius 3 is 2.52 bits per heavy atom. The minimum absolute atomic E-state index is 0.112. The standard InChI is InChI=1S/C16H20N2O3/c1-3-7-20-14-6-5-12(9-13(11-17)16(18)19)15(10-14)21-8-4-2/h5-6,9-10H,3-4,7-8H2,1-2H3,(H2,18,19). The van der Waals surface area contributed by atoms with Crippen molar-refractivity contribution in [3.63, 3.8) is 0 Å². The topological polar surface area (TPSA) is 85.3 Å². The SMILES string of the molecule is CCCOc1ccc(C=C(C#N)C(N)=O)c(OCCC)c1. The number of nitrogens with two attached hydrogens (primary N) is 1. The first-order valence-corrected chi connectivity index (χ1v) is 6.93. The molecule has 1 amide bonds. The Kier molecular flexibility index (Phi) is 6.82. The molecule has 0 atom stereocenters. The van der Waals surface area contributed by atoms with Crippen LogP contribution in [0.5, 0.6) is 11.5 Å². The third-order valence-electron chi connectivity index (χ3n) is 2.61. The van der Waals surface area contributed by atoms with E-state index in [4.69, 9.17) is 20.5 Å². The molecule has 0 aliphatic heterocycles. The third kappa shape index (κ3) is 5.19. The second kappa shape index (κ2) is 8.64. The van der Waals surface area contributed by atoms with E-state index in [0.29, 0.717) is 30.3 Å². The summed E-state index contributed by atoms with van der Waals surface area (Å²) in [6, 6.07) is 7.06. The number of ether oxygens (including phenoxy) is 2. The molecule has 0 heterocycles. The van der Waals surface area contributed by atoms with Crippen LogP contribution in [-0.2, 0) is 4.79 Å². The highest BCUT2D eigenvalue weighted by Gasteiger charge is 2.09. The highest BCUT2D eigenvalue weighted by atomic mass is 16.5. The van der Waals surface area contributed by atoms with E-state index in [9.17, 15) is 4.79 Å². The van der Waals surface area contributed by atoms with Crippen LogP contribution in [0.25, 0.3) is 6.08 Å². The van der Waals surface area contributed by atoms with Gasteiger partial charge in [0.15, 0.2) is 0 Å². The predicted molar refractivity (Wildman–Crippen MR) is 80.8 cm³/mol. The van der Waals surface area contributed by atoms with Crippen molar-refractivity contribution < 1.29 is 14.3 Å². The van der Waals surface area contributed by atoms with E-state index in [0.717, 1.165) is 12.8 Å². The molecular formula is C16H20N2O3. The highest BCUT2D eigenvalue weighted by Crippen LogP contribution is 2.27. The molecule has 1 aromatic rings. The molecule has 21 heavy (non-hydrogen) atoms. The summed E-state index contributed by atoms with van der Waals surface area (Å²) in [6.07, 6.45) is 3.19. The molecule has 0 saturated carbocycles. The Morgan fingerprint density at radius 1 is 1.29 bits per heavy atom. The monoisotopic (exact) mass is 288 g/mol. The zero-order valence-electron chi connectivity index (χ0n) is 12.4. The van der Waals surface area contributed by atoms with Crippen molar-refractivity contribution in [2.75, 3.05) is 13.2 Å². The molecule has 0 radical (unpaired) electrons. The zero-order valence-corrected chi connectivity index (χ0v) is 12.4. The van der Waals surface area contributed by atoms with Gasteiger partial charge >= 0.3 is 0 Å². The number of benzene rings is 1. The van der Waals surface area contributed by atoms with Gasteiger partial charge in [0.2, 0.25) is 0 Å². The first kappa shape index (κ1) is 16.6. The van der Waals surface area contributed by atoms with Gasteiger partial charge in [-0.15, -0.1) is 0 Å². The fraction of sp³-hybridized carbons (Fsp3) is 0.375. The fourth-order valence-electron chi connectivity index (χ4n) is 1.59. The zero-order chi connectivity index (χ0) is 15.7. The lowest BCUT2D eigenvalue weighted by molar-refractivity contribution is -0.114. The summed E-state index contributed by atoms with van der Waals surface area (Å²) >= 11 is 0. The number of nitrogens with zero attached hydrogens (tertiary/aromatic N) is 1. The summed E-state index contributed by atoms with van der Waals surface area (Å²) < 4.78 is 11.2. The second-order valence-corrected chi connectivity index (χ2v) is 4.43. The molecule has 2 N–H and O–H groups in total. The average molecular weight is 288 g/mol. The molecule has 112 valence electrons. The number of hydrogen-bond donors (Lipinski definition) is 1. The molecule has 0 aromatic heterocycles. The molecule has 5 nitrogen and oxygen atoms in total. The van der Waals surface area contributed by atoms with Crippen LogP contribution < -0.4 is 15.2 Å². The van der Waals surface area contributed by atoms with Gasteiger partial charge in [-0.25, -0.2) is 0 Å². The number of primary amides is 1. The van der Waals surface area contributed by atoms with E-state index >= 15 is 0 Å². The van der Waals surface area contributed by atoms with Crippen LogP contribution in [0.1, 0.15) is 32.3 Å². The van der Waals surface area contributed by atoms with Crippen molar-refractivity contribution in [3.05, 3.63) is 29.3 Å². The van der Waals surface area contributed by atoms with Crippen LogP contribution in [0.3, 0.4) is 0 Å². The van der Waals surface area contributed by atoms with Crippen molar-refractivity contribution in [1.82, 2.24) is 0 Å². The van der Waals surface area contributed by atoms with Crippen molar-refractivity contribution >= 4 is 12.0 Å². The fourth-order valence-corrected chi connectivity index (χ4v) is 1.59. The van der Waals surface area contributed by atoms with Gasteiger partial charge in [-0.1, -0.05) is 13.8 Å². The predicted octanol–water partition coefficient (Wildman–Crippen LogP) is 2.66. The summed E-state index contributed by atoms with van der Waals surface area (Å²) in [6.45, 7) is 5.18. The number of amides is 1. The molecule has 0 aliphatic carbocycles. The molecule has 0 spiro atoms. The third-order valence-corrected chi connectivity index (χ3v) is 2.61. The maximum Gasteiger partial charge on any atom is 0.259 e. The summed E-state index contributed by atoms with van der Waals surface area (Å²) in [7, 11) is 0. The van der Waals surface area contributed by atoms with Crippen LogP contribution >= 0.6 is 0 Å². The van der Waals surface area contributed by atoms with Gasteiger partial charge in [0.05, 0.1) is 13.2 Å². The van der Waals surface area contributed by atoms with E-state index in [1.165, 1.54) is 6.08 Å². The average Bonchev–Trinajstić information content (AvgIpc) is 2.49. The summed E-state index contributed by atoms with van der Waals surface area (Å²) in [5, 5.41) is 8.91. The van der Waals surface area contributed by atoms with Gasteiger partial charge < -0.3 is 15.2 Å². The number of hydrogen-bond acceptors (Lipinski definition) is 4. The highest BCUT2D eigenvalue weighted by molar-refractivity contribution is 6.00. The summed E-state index contributed by atoms with van der Waals surface area (Å²) in [5.74, 6) is 0.502. The van der Waals surface area contributed by atoms with Gasteiger partial charge in [0.25, 0.3) is 5.91 Å². The quantitative estimate of drug-likeness (QED) is 0.588. The normalized spacial score (nSPS) is 10.8. The van der Waals surface area contributed by atoms with Gasteiger partial charge in [0, 0.05) is 11.6 Å². The van der Waals surface area contributed by atoms with E-state index < -0.39 is 5.91 Å². The van der Waals surface area contributed by atoms with E-state index in [1.807, 2.05) is 13.8 Å². The minimum atomic E-state index is -0.759. The second-order valence-electron chi connectivity index (χ2n) is 4.43. The smallest absolute Gasteiger partial charge is 0.259 e. The van der Waals surface area contributed by atoms with Crippen molar-refractivity contribution in [1.29, 1.82) is 5.26 Å². The Balaban J connectivity index is 3.12. The molecule has 5 heteroatoms. The number of rotatable bonds is 8. The Labute approximate surface area is 125 Å². The molecule has 0 fully saturated rings. The summed E-state index contributed by atoms with van der Waals surface area (Å²) in [4.78, 5) is 11.1. The maximum atomic E-state index is 11.1. The molecule has 1 aromatic carbocycles. The van der Waals surface area contributed by atoms with Crippen molar-refractivity contribution in [3.8, 4) is 17.6 Å². The largest absolute Gasteiger partial charge is 0.493 e. The Bertz CT molecular complexity index is 559.